The van der Waals surface area contributed by atoms with Gasteiger partial charge in [0.1, 0.15) is 0 Å². The summed E-state index contributed by atoms with van der Waals surface area (Å²) in [5, 5.41) is 10.6. The van der Waals surface area contributed by atoms with Crippen LogP contribution in [0.15, 0.2) is 41.8 Å². The molecule has 0 fully saturated rings. The third kappa shape index (κ3) is 4.36. The highest BCUT2D eigenvalue weighted by Gasteiger charge is 2.06. The van der Waals surface area contributed by atoms with Crippen molar-refractivity contribution in [3.63, 3.8) is 0 Å². The molecule has 112 valence electrons. The van der Waals surface area contributed by atoms with Crippen LogP contribution >= 0.6 is 11.3 Å². The van der Waals surface area contributed by atoms with Crippen molar-refractivity contribution in [1.82, 2.24) is 10.6 Å². The fourth-order valence-corrected chi connectivity index (χ4v) is 2.31. The lowest BCUT2D eigenvalue weighted by Crippen LogP contribution is -2.28. The molecule has 0 radical (unpaired) electrons. The molecule has 3 N–H and O–H groups in total. The number of hydrogen-bond donors (Lipinski definition) is 3. The molecule has 22 heavy (non-hydrogen) atoms. The van der Waals surface area contributed by atoms with Gasteiger partial charge in [0.15, 0.2) is 0 Å². The number of carbonyl (C=O) groups is 2. The summed E-state index contributed by atoms with van der Waals surface area (Å²) in [4.78, 5) is 23.3. The molecule has 0 bridgehead atoms. The molecule has 0 atom stereocenters. The van der Waals surface area contributed by atoms with Crippen LogP contribution in [0.5, 0.6) is 0 Å². The number of anilines is 1. The van der Waals surface area contributed by atoms with Gasteiger partial charge in [0.2, 0.25) is 0 Å². The molecule has 1 heterocycles. The van der Waals surface area contributed by atoms with Crippen molar-refractivity contribution < 1.29 is 9.59 Å². The quantitative estimate of drug-likeness (QED) is 0.761. The normalized spacial score (nSPS) is 9.32. The molecular formula is C16H15N3O2S. The van der Waals surface area contributed by atoms with Crippen LogP contribution in [0, 0.1) is 11.8 Å². The molecule has 0 saturated heterocycles. The number of rotatable bonds is 3. The van der Waals surface area contributed by atoms with Gasteiger partial charge in [0, 0.05) is 12.6 Å². The van der Waals surface area contributed by atoms with Crippen LogP contribution in [0.3, 0.4) is 0 Å². The van der Waals surface area contributed by atoms with Crippen LogP contribution in [0.4, 0.5) is 9.80 Å². The van der Waals surface area contributed by atoms with Gasteiger partial charge in [0.25, 0.3) is 5.91 Å². The lowest BCUT2D eigenvalue weighted by Gasteiger charge is -2.03. The second-order valence-corrected chi connectivity index (χ2v) is 5.16. The maximum Gasteiger partial charge on any atom is 0.320 e. The molecule has 0 unspecified atom stereocenters. The van der Waals surface area contributed by atoms with E-state index in [0.29, 0.717) is 11.1 Å². The first-order valence-electron chi connectivity index (χ1n) is 6.59. The van der Waals surface area contributed by atoms with Crippen molar-refractivity contribution in [1.29, 1.82) is 0 Å². The SMILES string of the molecule is CNC(=O)c1ccccc1C#CCNC(=O)Nc1cccs1. The van der Waals surface area contributed by atoms with Crippen LogP contribution in [-0.4, -0.2) is 25.5 Å². The van der Waals surface area contributed by atoms with Crippen LogP contribution in [0.25, 0.3) is 0 Å². The van der Waals surface area contributed by atoms with Gasteiger partial charge in [-0.05, 0) is 29.6 Å². The lowest BCUT2D eigenvalue weighted by atomic mass is 10.1. The van der Waals surface area contributed by atoms with Crippen LogP contribution in [0.2, 0.25) is 0 Å². The summed E-state index contributed by atoms with van der Waals surface area (Å²) in [6.07, 6.45) is 0. The third-order valence-electron chi connectivity index (χ3n) is 2.72. The summed E-state index contributed by atoms with van der Waals surface area (Å²) in [5.41, 5.74) is 1.14. The van der Waals surface area contributed by atoms with Gasteiger partial charge < -0.3 is 10.6 Å². The number of thiophene rings is 1. The van der Waals surface area contributed by atoms with Crippen LogP contribution in [0.1, 0.15) is 15.9 Å². The lowest BCUT2D eigenvalue weighted by molar-refractivity contribution is 0.0963. The van der Waals surface area contributed by atoms with E-state index in [1.807, 2.05) is 23.6 Å². The van der Waals surface area contributed by atoms with Gasteiger partial charge in [-0.3, -0.25) is 10.1 Å². The maximum absolute atomic E-state index is 11.7. The molecule has 0 aliphatic carbocycles. The predicted molar refractivity (Wildman–Crippen MR) is 88.1 cm³/mol. The minimum absolute atomic E-state index is 0.187. The van der Waals surface area contributed by atoms with Gasteiger partial charge in [0.05, 0.1) is 17.1 Å². The highest BCUT2D eigenvalue weighted by atomic mass is 32.1. The van der Waals surface area contributed by atoms with E-state index < -0.39 is 0 Å². The molecule has 1 aromatic heterocycles. The second kappa shape index (κ2) is 7.86. The average molecular weight is 313 g/mol. The van der Waals surface area contributed by atoms with E-state index in [2.05, 4.69) is 27.8 Å². The maximum atomic E-state index is 11.7. The summed E-state index contributed by atoms with van der Waals surface area (Å²) in [6.45, 7) is 0.194. The van der Waals surface area contributed by atoms with E-state index in [4.69, 9.17) is 0 Å². The van der Waals surface area contributed by atoms with Gasteiger partial charge in [-0.2, -0.15) is 0 Å². The van der Waals surface area contributed by atoms with E-state index in [0.717, 1.165) is 5.00 Å². The Kier molecular flexibility index (Phi) is 5.57. The highest BCUT2D eigenvalue weighted by Crippen LogP contribution is 2.14. The van der Waals surface area contributed by atoms with Crippen molar-refractivity contribution in [3.8, 4) is 11.8 Å². The Labute approximate surface area is 132 Å². The smallest absolute Gasteiger partial charge is 0.320 e. The molecule has 0 spiro atoms. The van der Waals surface area contributed by atoms with Gasteiger partial charge >= 0.3 is 6.03 Å². The first-order valence-corrected chi connectivity index (χ1v) is 7.47. The van der Waals surface area contributed by atoms with Crippen molar-refractivity contribution in [3.05, 3.63) is 52.9 Å². The van der Waals surface area contributed by atoms with E-state index in [9.17, 15) is 9.59 Å². The molecule has 0 saturated carbocycles. The molecular weight excluding hydrogens is 298 g/mol. The Balaban J connectivity index is 1.91. The first-order chi connectivity index (χ1) is 10.7. The van der Waals surface area contributed by atoms with E-state index in [-0.39, 0.29) is 18.5 Å². The van der Waals surface area contributed by atoms with Crippen molar-refractivity contribution in [2.24, 2.45) is 0 Å². The third-order valence-corrected chi connectivity index (χ3v) is 3.50. The second-order valence-electron chi connectivity index (χ2n) is 4.21. The van der Waals surface area contributed by atoms with E-state index >= 15 is 0 Å². The largest absolute Gasteiger partial charge is 0.355 e. The molecule has 3 amide bonds. The van der Waals surface area contributed by atoms with Crippen LogP contribution < -0.4 is 16.0 Å². The average Bonchev–Trinajstić information content (AvgIpc) is 3.04. The van der Waals surface area contributed by atoms with Gasteiger partial charge in [-0.1, -0.05) is 24.0 Å². The number of carbonyl (C=O) groups excluding carboxylic acids is 2. The highest BCUT2D eigenvalue weighted by molar-refractivity contribution is 7.14. The van der Waals surface area contributed by atoms with Gasteiger partial charge in [-0.15, -0.1) is 11.3 Å². The number of urea groups is 1. The molecule has 2 aromatic rings. The van der Waals surface area contributed by atoms with Gasteiger partial charge in [-0.25, -0.2) is 4.79 Å². The fourth-order valence-electron chi connectivity index (χ4n) is 1.69. The van der Waals surface area contributed by atoms with Crippen molar-refractivity contribution in [2.75, 3.05) is 18.9 Å². The summed E-state index contributed by atoms with van der Waals surface area (Å²) < 4.78 is 0. The standard InChI is InChI=1S/C16H15N3O2S/c1-17-15(20)13-8-3-2-6-12(13)7-4-10-18-16(21)19-14-9-5-11-22-14/h2-3,5-6,8-9,11H,10H2,1H3,(H,17,20)(H2,18,19,21). The minimum Gasteiger partial charge on any atom is -0.355 e. The summed E-state index contributed by atoms with van der Waals surface area (Å²) in [7, 11) is 1.57. The van der Waals surface area contributed by atoms with Crippen LogP contribution in [-0.2, 0) is 0 Å². The van der Waals surface area contributed by atoms with E-state index in [1.54, 1.807) is 25.2 Å². The molecule has 5 nitrogen and oxygen atoms in total. The topological polar surface area (TPSA) is 70.2 Å². The Morgan fingerprint density at radius 3 is 2.73 bits per heavy atom. The Morgan fingerprint density at radius 1 is 1.18 bits per heavy atom. The van der Waals surface area contributed by atoms with Crippen molar-refractivity contribution in [2.45, 2.75) is 0 Å². The first kappa shape index (κ1) is 15.6. The molecule has 0 aliphatic heterocycles. The number of hydrogen-bond acceptors (Lipinski definition) is 3. The summed E-state index contributed by atoms with van der Waals surface area (Å²) in [5.74, 6) is 5.54. The summed E-state index contributed by atoms with van der Waals surface area (Å²) in [6, 6.07) is 10.4. The Morgan fingerprint density at radius 2 is 2.00 bits per heavy atom. The summed E-state index contributed by atoms with van der Waals surface area (Å²) >= 11 is 1.44. The molecule has 6 heteroatoms. The fraction of sp³-hybridized carbons (Fsp3) is 0.125. The number of nitrogens with one attached hydrogen (secondary N) is 3. The monoisotopic (exact) mass is 313 g/mol. The predicted octanol–water partition coefficient (Wildman–Crippen LogP) is 2.28. The number of benzene rings is 1. The molecule has 1 aromatic carbocycles. The Hall–Kier alpha value is -2.78. The van der Waals surface area contributed by atoms with E-state index in [1.165, 1.54) is 11.3 Å². The zero-order valence-electron chi connectivity index (χ0n) is 12.0. The zero-order valence-corrected chi connectivity index (χ0v) is 12.8. The zero-order chi connectivity index (χ0) is 15.8. The number of amides is 3. The van der Waals surface area contributed by atoms with Crippen molar-refractivity contribution >= 4 is 28.3 Å². The molecule has 0 aliphatic rings. The minimum atomic E-state index is -0.309. The molecule has 2 rings (SSSR count). The Bertz CT molecular complexity index is 714.